The van der Waals surface area contributed by atoms with E-state index in [-0.39, 0.29) is 5.91 Å². The molecule has 2 aromatic rings. The van der Waals surface area contributed by atoms with E-state index in [1.807, 2.05) is 16.9 Å². The summed E-state index contributed by atoms with van der Waals surface area (Å²) in [4.78, 5) is 16.8. The van der Waals surface area contributed by atoms with Gasteiger partial charge in [0.15, 0.2) is 5.13 Å². The standard InChI is InChI=1S/C14H19N5OS/c1-3-5-15-14-17-9-12(21-14)13(20)16-8-11(2)10-19-7-4-6-18-19/h3-4,6-7,9,11H,1,5,8,10H2,2H3,(H,15,17)(H,16,20)/t11-/m0/s1. The zero-order chi connectivity index (χ0) is 15.1. The Morgan fingerprint density at radius 2 is 2.48 bits per heavy atom. The summed E-state index contributed by atoms with van der Waals surface area (Å²) in [6.07, 6.45) is 7.00. The number of carbonyl (C=O) groups is 1. The van der Waals surface area contributed by atoms with Crippen molar-refractivity contribution >= 4 is 22.4 Å². The molecule has 2 N–H and O–H groups in total. The first-order valence-electron chi connectivity index (χ1n) is 6.75. The van der Waals surface area contributed by atoms with Gasteiger partial charge in [0.05, 0.1) is 6.20 Å². The number of carbonyl (C=O) groups excluding carboxylic acids is 1. The van der Waals surface area contributed by atoms with E-state index in [9.17, 15) is 4.79 Å². The normalized spacial score (nSPS) is 11.9. The fourth-order valence-corrected chi connectivity index (χ4v) is 2.51. The Morgan fingerprint density at radius 1 is 1.62 bits per heavy atom. The number of aromatic nitrogens is 3. The van der Waals surface area contributed by atoms with Gasteiger partial charge in [-0.15, -0.1) is 6.58 Å². The van der Waals surface area contributed by atoms with E-state index < -0.39 is 0 Å². The summed E-state index contributed by atoms with van der Waals surface area (Å²) in [6, 6.07) is 1.89. The van der Waals surface area contributed by atoms with Crippen LogP contribution in [0.25, 0.3) is 0 Å². The molecule has 0 bridgehead atoms. The highest BCUT2D eigenvalue weighted by molar-refractivity contribution is 7.17. The Balaban J connectivity index is 1.78. The number of anilines is 1. The van der Waals surface area contributed by atoms with E-state index in [1.54, 1.807) is 18.5 Å². The van der Waals surface area contributed by atoms with Gasteiger partial charge in [0.25, 0.3) is 5.91 Å². The minimum absolute atomic E-state index is 0.0912. The van der Waals surface area contributed by atoms with Crippen molar-refractivity contribution < 1.29 is 4.79 Å². The largest absolute Gasteiger partial charge is 0.358 e. The fraction of sp³-hybridized carbons (Fsp3) is 0.357. The van der Waals surface area contributed by atoms with Gasteiger partial charge in [-0.3, -0.25) is 9.48 Å². The van der Waals surface area contributed by atoms with Crippen LogP contribution in [0, 0.1) is 5.92 Å². The maximum atomic E-state index is 12.0. The average Bonchev–Trinajstić information content (AvgIpc) is 3.14. The fourth-order valence-electron chi connectivity index (χ4n) is 1.77. The van der Waals surface area contributed by atoms with Crippen LogP contribution < -0.4 is 10.6 Å². The third kappa shape index (κ3) is 4.71. The number of hydrogen-bond acceptors (Lipinski definition) is 5. The molecule has 0 saturated heterocycles. The van der Waals surface area contributed by atoms with E-state index >= 15 is 0 Å². The predicted octanol–water partition coefficient (Wildman–Crippen LogP) is 2.00. The molecule has 0 radical (unpaired) electrons. The van der Waals surface area contributed by atoms with Crippen molar-refractivity contribution in [2.24, 2.45) is 5.92 Å². The van der Waals surface area contributed by atoms with Crippen LogP contribution in [0.2, 0.25) is 0 Å². The molecule has 0 aromatic carbocycles. The van der Waals surface area contributed by atoms with Crippen molar-refractivity contribution in [2.75, 3.05) is 18.4 Å². The zero-order valence-electron chi connectivity index (χ0n) is 12.0. The summed E-state index contributed by atoms with van der Waals surface area (Å²) >= 11 is 1.34. The van der Waals surface area contributed by atoms with Crippen molar-refractivity contribution in [3.05, 3.63) is 42.2 Å². The summed E-state index contributed by atoms with van der Waals surface area (Å²) in [5.74, 6) is 0.214. The lowest BCUT2D eigenvalue weighted by molar-refractivity contribution is 0.0950. The molecule has 2 aromatic heterocycles. The molecule has 0 unspecified atom stereocenters. The van der Waals surface area contributed by atoms with Gasteiger partial charge in [0.1, 0.15) is 4.88 Å². The Bertz CT molecular complexity index is 578. The second-order valence-electron chi connectivity index (χ2n) is 4.74. The Labute approximate surface area is 127 Å². The van der Waals surface area contributed by atoms with Crippen LogP contribution in [0.15, 0.2) is 37.3 Å². The first-order chi connectivity index (χ1) is 10.2. The molecule has 0 aliphatic rings. The summed E-state index contributed by atoms with van der Waals surface area (Å²) in [5.41, 5.74) is 0. The van der Waals surface area contributed by atoms with Crippen LogP contribution in [0.4, 0.5) is 5.13 Å². The predicted molar refractivity (Wildman–Crippen MR) is 84.5 cm³/mol. The molecule has 0 saturated carbocycles. The lowest BCUT2D eigenvalue weighted by atomic mass is 10.2. The summed E-state index contributed by atoms with van der Waals surface area (Å²) in [5, 5.41) is 10.9. The van der Waals surface area contributed by atoms with Crippen molar-refractivity contribution in [1.82, 2.24) is 20.1 Å². The van der Waals surface area contributed by atoms with Crippen molar-refractivity contribution in [1.29, 1.82) is 0 Å². The number of hydrogen-bond donors (Lipinski definition) is 2. The quantitative estimate of drug-likeness (QED) is 0.732. The van der Waals surface area contributed by atoms with Crippen molar-refractivity contribution in [3.63, 3.8) is 0 Å². The second-order valence-corrected chi connectivity index (χ2v) is 5.77. The zero-order valence-corrected chi connectivity index (χ0v) is 12.8. The van der Waals surface area contributed by atoms with E-state index in [0.29, 0.717) is 23.9 Å². The Hall–Kier alpha value is -2.15. The van der Waals surface area contributed by atoms with E-state index in [1.165, 1.54) is 11.3 Å². The third-order valence-electron chi connectivity index (χ3n) is 2.80. The van der Waals surface area contributed by atoms with Crippen molar-refractivity contribution in [3.8, 4) is 0 Å². The highest BCUT2D eigenvalue weighted by atomic mass is 32.1. The molecule has 0 fully saturated rings. The first-order valence-corrected chi connectivity index (χ1v) is 7.57. The lowest BCUT2D eigenvalue weighted by Crippen LogP contribution is -2.29. The van der Waals surface area contributed by atoms with Crippen LogP contribution in [0.1, 0.15) is 16.6 Å². The van der Waals surface area contributed by atoms with Crippen LogP contribution in [0.5, 0.6) is 0 Å². The molecule has 0 spiro atoms. The minimum atomic E-state index is -0.0912. The van der Waals surface area contributed by atoms with Crippen molar-refractivity contribution in [2.45, 2.75) is 13.5 Å². The highest BCUT2D eigenvalue weighted by Crippen LogP contribution is 2.17. The van der Waals surface area contributed by atoms with Gasteiger partial charge < -0.3 is 10.6 Å². The Morgan fingerprint density at radius 3 is 3.19 bits per heavy atom. The maximum absolute atomic E-state index is 12.0. The number of rotatable bonds is 8. The first kappa shape index (κ1) is 15.2. The van der Waals surface area contributed by atoms with Gasteiger partial charge in [-0.1, -0.05) is 24.3 Å². The number of nitrogens with one attached hydrogen (secondary N) is 2. The third-order valence-corrected chi connectivity index (χ3v) is 3.75. The van der Waals surface area contributed by atoms with E-state index in [2.05, 4.69) is 34.2 Å². The second kappa shape index (κ2) is 7.58. The summed E-state index contributed by atoms with van der Waals surface area (Å²) < 4.78 is 1.86. The number of nitrogens with zero attached hydrogens (tertiary/aromatic N) is 3. The molecule has 21 heavy (non-hydrogen) atoms. The monoisotopic (exact) mass is 305 g/mol. The highest BCUT2D eigenvalue weighted by Gasteiger charge is 2.11. The summed E-state index contributed by atoms with van der Waals surface area (Å²) in [7, 11) is 0. The molecule has 2 heterocycles. The van der Waals surface area contributed by atoms with E-state index in [0.717, 1.165) is 11.7 Å². The number of thiazole rings is 1. The van der Waals surface area contributed by atoms with Crippen LogP contribution in [-0.2, 0) is 6.54 Å². The molecular weight excluding hydrogens is 286 g/mol. The molecule has 2 rings (SSSR count). The van der Waals surface area contributed by atoms with E-state index in [4.69, 9.17) is 0 Å². The molecule has 112 valence electrons. The maximum Gasteiger partial charge on any atom is 0.263 e. The number of amides is 1. The molecule has 6 nitrogen and oxygen atoms in total. The van der Waals surface area contributed by atoms with Crippen LogP contribution in [-0.4, -0.2) is 33.8 Å². The molecule has 7 heteroatoms. The van der Waals surface area contributed by atoms with Gasteiger partial charge in [-0.2, -0.15) is 5.10 Å². The molecular formula is C14H19N5OS. The Kier molecular flexibility index (Phi) is 5.51. The molecule has 0 aliphatic carbocycles. The van der Waals surface area contributed by atoms with Gasteiger partial charge >= 0.3 is 0 Å². The average molecular weight is 305 g/mol. The van der Waals surface area contributed by atoms with Crippen LogP contribution in [0.3, 0.4) is 0 Å². The lowest BCUT2D eigenvalue weighted by Gasteiger charge is -2.12. The summed E-state index contributed by atoms with van der Waals surface area (Å²) in [6.45, 7) is 7.72. The minimum Gasteiger partial charge on any atom is -0.358 e. The van der Waals surface area contributed by atoms with Gasteiger partial charge in [0.2, 0.25) is 0 Å². The molecule has 1 amide bonds. The van der Waals surface area contributed by atoms with Gasteiger partial charge in [-0.05, 0) is 12.0 Å². The molecule has 1 atom stereocenters. The molecule has 0 aliphatic heterocycles. The van der Waals surface area contributed by atoms with Gasteiger partial charge in [0, 0.05) is 32.0 Å². The smallest absolute Gasteiger partial charge is 0.263 e. The topological polar surface area (TPSA) is 71.8 Å². The van der Waals surface area contributed by atoms with Crippen LogP contribution >= 0.6 is 11.3 Å². The van der Waals surface area contributed by atoms with Gasteiger partial charge in [-0.25, -0.2) is 4.98 Å². The SMILES string of the molecule is C=CCNc1ncc(C(=O)NC[C@H](C)Cn2cccn2)s1.